The molecule has 0 unspecified atom stereocenters. The Morgan fingerprint density at radius 3 is 2.42 bits per heavy atom. The van der Waals surface area contributed by atoms with Crippen molar-refractivity contribution in [2.45, 2.75) is 33.2 Å². The van der Waals surface area contributed by atoms with Gasteiger partial charge in [0.05, 0.1) is 0 Å². The highest BCUT2D eigenvalue weighted by Crippen LogP contribution is 2.26. The van der Waals surface area contributed by atoms with E-state index in [0.29, 0.717) is 0 Å². The molecule has 0 radical (unpaired) electrons. The first kappa shape index (κ1) is 13.8. The summed E-state index contributed by atoms with van der Waals surface area (Å²) >= 11 is 0. The minimum absolute atomic E-state index is 0.919. The van der Waals surface area contributed by atoms with Crippen LogP contribution in [0.25, 0.3) is 11.1 Å². The van der Waals surface area contributed by atoms with Crippen LogP contribution in [0.5, 0.6) is 0 Å². The van der Waals surface area contributed by atoms with Crippen molar-refractivity contribution >= 4 is 0 Å². The van der Waals surface area contributed by atoms with Crippen LogP contribution in [0.2, 0.25) is 0 Å². The molecule has 1 N–H and O–H groups in total. The molecule has 2 aromatic carbocycles. The fourth-order valence-electron chi connectivity index (χ4n) is 2.47. The lowest BCUT2D eigenvalue weighted by Crippen LogP contribution is -2.04. The van der Waals surface area contributed by atoms with Gasteiger partial charge >= 0.3 is 0 Å². The van der Waals surface area contributed by atoms with Gasteiger partial charge in [-0.2, -0.15) is 0 Å². The lowest BCUT2D eigenvalue weighted by molar-refractivity contribution is 0.818. The van der Waals surface area contributed by atoms with Crippen LogP contribution in [0.15, 0.2) is 42.5 Å². The van der Waals surface area contributed by atoms with Crippen molar-refractivity contribution in [3.05, 3.63) is 59.2 Å². The van der Waals surface area contributed by atoms with Crippen LogP contribution in [0.3, 0.4) is 0 Å². The molecule has 100 valence electrons. The Bertz CT molecular complexity index is 543. The Labute approximate surface area is 116 Å². The van der Waals surface area contributed by atoms with Gasteiger partial charge in [-0.15, -0.1) is 0 Å². The van der Waals surface area contributed by atoms with E-state index in [1.165, 1.54) is 27.8 Å². The number of hydrogen-bond donors (Lipinski definition) is 1. The van der Waals surface area contributed by atoms with E-state index in [4.69, 9.17) is 0 Å². The van der Waals surface area contributed by atoms with Crippen LogP contribution in [0, 0.1) is 0 Å². The lowest BCUT2D eigenvalue weighted by Gasteiger charge is -2.12. The predicted octanol–water partition coefficient (Wildman–Crippen LogP) is 4.20. The van der Waals surface area contributed by atoms with Crippen molar-refractivity contribution < 1.29 is 0 Å². The number of rotatable bonds is 5. The number of benzene rings is 2. The molecule has 0 aliphatic heterocycles. The summed E-state index contributed by atoms with van der Waals surface area (Å²) in [5, 5.41) is 3.21. The molecule has 0 amide bonds. The van der Waals surface area contributed by atoms with Gasteiger partial charge in [-0.1, -0.05) is 50.2 Å². The first-order valence-electron chi connectivity index (χ1n) is 7.14. The van der Waals surface area contributed by atoms with E-state index in [-0.39, 0.29) is 0 Å². The molecule has 0 bridgehead atoms. The Balaban J connectivity index is 2.47. The molecule has 2 rings (SSSR count). The summed E-state index contributed by atoms with van der Waals surface area (Å²) in [6, 6.07) is 15.7. The van der Waals surface area contributed by atoms with E-state index in [1.807, 2.05) is 7.05 Å². The van der Waals surface area contributed by atoms with E-state index in [2.05, 4.69) is 61.6 Å². The summed E-state index contributed by atoms with van der Waals surface area (Å²) in [5.41, 5.74) is 6.90. The second-order valence-electron chi connectivity index (χ2n) is 4.93. The Kier molecular flexibility index (Phi) is 4.75. The number of hydrogen-bond acceptors (Lipinski definition) is 1. The van der Waals surface area contributed by atoms with E-state index in [9.17, 15) is 0 Å². The van der Waals surface area contributed by atoms with Crippen molar-refractivity contribution in [2.24, 2.45) is 0 Å². The first-order chi connectivity index (χ1) is 9.28. The van der Waals surface area contributed by atoms with Crippen LogP contribution in [-0.4, -0.2) is 7.05 Å². The maximum absolute atomic E-state index is 3.21. The molecule has 1 heteroatoms. The van der Waals surface area contributed by atoms with Gasteiger partial charge in [-0.3, -0.25) is 0 Å². The summed E-state index contributed by atoms with van der Waals surface area (Å²) < 4.78 is 0. The third kappa shape index (κ3) is 3.24. The summed E-state index contributed by atoms with van der Waals surface area (Å²) in [4.78, 5) is 0. The molecular weight excluding hydrogens is 230 g/mol. The Hall–Kier alpha value is -1.60. The van der Waals surface area contributed by atoms with Crippen molar-refractivity contribution in [3.63, 3.8) is 0 Å². The molecule has 0 aromatic heterocycles. The van der Waals surface area contributed by atoms with Crippen LogP contribution < -0.4 is 5.32 Å². The predicted molar refractivity (Wildman–Crippen MR) is 83.4 cm³/mol. The Morgan fingerprint density at radius 2 is 1.74 bits per heavy atom. The van der Waals surface area contributed by atoms with Gasteiger partial charge in [0, 0.05) is 6.54 Å². The van der Waals surface area contributed by atoms with Crippen molar-refractivity contribution in [2.75, 3.05) is 7.05 Å². The average Bonchev–Trinajstić information content (AvgIpc) is 2.47. The minimum Gasteiger partial charge on any atom is -0.316 e. The van der Waals surface area contributed by atoms with E-state index >= 15 is 0 Å². The molecular formula is C18H23N. The molecule has 0 saturated heterocycles. The van der Waals surface area contributed by atoms with E-state index in [1.54, 1.807) is 0 Å². The highest BCUT2D eigenvalue weighted by atomic mass is 14.8. The van der Waals surface area contributed by atoms with Gasteiger partial charge < -0.3 is 5.32 Å². The van der Waals surface area contributed by atoms with Crippen molar-refractivity contribution in [3.8, 4) is 11.1 Å². The monoisotopic (exact) mass is 253 g/mol. The highest BCUT2D eigenvalue weighted by Gasteiger charge is 2.05. The molecule has 19 heavy (non-hydrogen) atoms. The van der Waals surface area contributed by atoms with E-state index < -0.39 is 0 Å². The van der Waals surface area contributed by atoms with Gasteiger partial charge in [-0.25, -0.2) is 0 Å². The average molecular weight is 253 g/mol. The molecule has 0 saturated carbocycles. The number of nitrogens with one attached hydrogen (secondary N) is 1. The maximum Gasteiger partial charge on any atom is 0.0202 e. The molecule has 0 atom stereocenters. The van der Waals surface area contributed by atoms with Crippen molar-refractivity contribution in [1.82, 2.24) is 5.32 Å². The zero-order valence-electron chi connectivity index (χ0n) is 12.2. The molecule has 1 nitrogen and oxygen atoms in total. The summed E-state index contributed by atoms with van der Waals surface area (Å²) in [5.74, 6) is 0. The molecule has 0 aliphatic carbocycles. The van der Waals surface area contributed by atoms with E-state index in [0.717, 1.165) is 19.4 Å². The normalized spacial score (nSPS) is 10.7. The summed E-state index contributed by atoms with van der Waals surface area (Å²) in [6.45, 7) is 5.35. The largest absolute Gasteiger partial charge is 0.316 e. The SMILES string of the molecule is CCc1ccc(CC)c(-c2cccc(CNC)c2)c1. The summed E-state index contributed by atoms with van der Waals surface area (Å²) in [6.07, 6.45) is 2.17. The number of aryl methyl sites for hydroxylation is 2. The fourth-order valence-corrected chi connectivity index (χ4v) is 2.47. The van der Waals surface area contributed by atoms with Crippen LogP contribution in [-0.2, 0) is 19.4 Å². The summed E-state index contributed by atoms with van der Waals surface area (Å²) in [7, 11) is 1.99. The van der Waals surface area contributed by atoms with Gasteiger partial charge in [0.15, 0.2) is 0 Å². The quantitative estimate of drug-likeness (QED) is 0.842. The zero-order chi connectivity index (χ0) is 13.7. The topological polar surface area (TPSA) is 12.0 Å². The third-order valence-corrected chi connectivity index (χ3v) is 3.58. The van der Waals surface area contributed by atoms with Crippen LogP contribution in [0.1, 0.15) is 30.5 Å². The van der Waals surface area contributed by atoms with Crippen LogP contribution >= 0.6 is 0 Å². The zero-order valence-corrected chi connectivity index (χ0v) is 12.2. The first-order valence-corrected chi connectivity index (χ1v) is 7.14. The highest BCUT2D eigenvalue weighted by molar-refractivity contribution is 5.69. The molecule has 0 fully saturated rings. The van der Waals surface area contributed by atoms with Gasteiger partial charge in [0.2, 0.25) is 0 Å². The second kappa shape index (κ2) is 6.53. The standard InChI is InChI=1S/C18H23N/c1-4-14-9-10-16(5-2)18(12-14)17-8-6-7-15(11-17)13-19-3/h6-12,19H,4-5,13H2,1-3H3. The molecule has 0 spiro atoms. The molecule has 0 heterocycles. The third-order valence-electron chi connectivity index (χ3n) is 3.58. The van der Waals surface area contributed by atoms with Crippen molar-refractivity contribution in [1.29, 1.82) is 0 Å². The van der Waals surface area contributed by atoms with Gasteiger partial charge in [0.25, 0.3) is 0 Å². The Morgan fingerprint density at radius 1 is 0.895 bits per heavy atom. The second-order valence-corrected chi connectivity index (χ2v) is 4.93. The smallest absolute Gasteiger partial charge is 0.0202 e. The minimum atomic E-state index is 0.919. The van der Waals surface area contributed by atoms with Gasteiger partial charge in [-0.05, 0) is 53.8 Å². The van der Waals surface area contributed by atoms with Crippen LogP contribution in [0.4, 0.5) is 0 Å². The van der Waals surface area contributed by atoms with Gasteiger partial charge in [0.1, 0.15) is 0 Å². The molecule has 0 aliphatic rings. The lowest BCUT2D eigenvalue weighted by atomic mass is 9.94. The molecule has 2 aromatic rings. The fraction of sp³-hybridized carbons (Fsp3) is 0.333. The maximum atomic E-state index is 3.21.